The topological polar surface area (TPSA) is 98.8 Å². The third-order valence-electron chi connectivity index (χ3n) is 6.70. The van der Waals surface area contributed by atoms with Gasteiger partial charge in [0.15, 0.2) is 0 Å². The minimum Gasteiger partial charge on any atom is -0.342 e. The van der Waals surface area contributed by atoms with Gasteiger partial charge in [0.25, 0.3) is 5.91 Å². The van der Waals surface area contributed by atoms with E-state index in [0.717, 1.165) is 29.7 Å². The first-order valence-electron chi connectivity index (χ1n) is 11.8. The third-order valence-corrected chi connectivity index (χ3v) is 6.70. The van der Waals surface area contributed by atoms with Gasteiger partial charge in [-0.3, -0.25) is 19.3 Å². The second kappa shape index (κ2) is 10.2. The molecule has 2 aromatic carbocycles. The molecule has 0 aromatic heterocycles. The molecule has 2 N–H and O–H groups in total. The molecule has 4 rings (SSSR count). The average molecular weight is 481 g/mol. The zero-order valence-corrected chi connectivity index (χ0v) is 19.6. The number of amides is 5. The second-order valence-corrected chi connectivity index (χ2v) is 9.15. The van der Waals surface area contributed by atoms with E-state index in [2.05, 4.69) is 10.6 Å². The number of nitrogens with zero attached hydrogens (tertiary/aromatic N) is 2. The SMILES string of the molecule is CN(C(=O)C(Cc1ccccc1)NC(=O)CN1C(=O)NC2(CCCCC2)C1=O)c1cccc(F)c1. The molecule has 2 aliphatic rings. The van der Waals surface area contributed by atoms with Crippen LogP contribution < -0.4 is 15.5 Å². The fourth-order valence-electron chi connectivity index (χ4n) is 4.79. The Labute approximate surface area is 203 Å². The summed E-state index contributed by atoms with van der Waals surface area (Å²) in [5.41, 5.74) is 0.234. The van der Waals surface area contributed by atoms with Gasteiger partial charge in [-0.05, 0) is 36.6 Å². The Morgan fingerprint density at radius 2 is 1.80 bits per heavy atom. The number of carbonyl (C=O) groups excluding carboxylic acids is 4. The van der Waals surface area contributed by atoms with Crippen molar-refractivity contribution in [2.24, 2.45) is 0 Å². The van der Waals surface area contributed by atoms with Crippen molar-refractivity contribution in [3.63, 3.8) is 0 Å². The normalized spacial score (nSPS) is 17.7. The van der Waals surface area contributed by atoms with Crippen molar-refractivity contribution < 1.29 is 23.6 Å². The van der Waals surface area contributed by atoms with Crippen molar-refractivity contribution in [3.8, 4) is 0 Å². The molecule has 8 nitrogen and oxygen atoms in total. The molecule has 1 atom stereocenters. The predicted molar refractivity (Wildman–Crippen MR) is 128 cm³/mol. The lowest BCUT2D eigenvalue weighted by molar-refractivity contribution is -0.136. The number of urea groups is 1. The molecule has 2 aromatic rings. The summed E-state index contributed by atoms with van der Waals surface area (Å²) in [5, 5.41) is 5.47. The van der Waals surface area contributed by atoms with Crippen LogP contribution in [-0.4, -0.2) is 53.8 Å². The first-order chi connectivity index (χ1) is 16.8. The molecule has 1 saturated carbocycles. The maximum Gasteiger partial charge on any atom is 0.325 e. The molecule has 1 unspecified atom stereocenters. The first-order valence-corrected chi connectivity index (χ1v) is 11.8. The Balaban J connectivity index is 1.49. The molecule has 0 bridgehead atoms. The summed E-state index contributed by atoms with van der Waals surface area (Å²) in [5.74, 6) is -1.95. The summed E-state index contributed by atoms with van der Waals surface area (Å²) >= 11 is 0. The van der Waals surface area contributed by atoms with Gasteiger partial charge >= 0.3 is 6.03 Å². The van der Waals surface area contributed by atoms with Crippen LogP contribution in [0.4, 0.5) is 14.9 Å². The number of anilines is 1. The maximum absolute atomic E-state index is 13.7. The Hall–Kier alpha value is -3.75. The highest BCUT2D eigenvalue weighted by molar-refractivity contribution is 6.09. The molecule has 5 amide bonds. The van der Waals surface area contributed by atoms with E-state index < -0.39 is 41.8 Å². The molecule has 1 spiro atoms. The Bertz CT molecular complexity index is 1120. The summed E-state index contributed by atoms with van der Waals surface area (Å²) in [7, 11) is 1.51. The fraction of sp³-hybridized carbons (Fsp3) is 0.385. The molecule has 1 aliphatic heterocycles. The zero-order valence-electron chi connectivity index (χ0n) is 19.6. The van der Waals surface area contributed by atoms with E-state index >= 15 is 0 Å². The van der Waals surface area contributed by atoms with Crippen LogP contribution in [0.15, 0.2) is 54.6 Å². The van der Waals surface area contributed by atoms with E-state index in [-0.39, 0.29) is 12.3 Å². The lowest BCUT2D eigenvalue weighted by Gasteiger charge is -2.30. The van der Waals surface area contributed by atoms with Crippen LogP contribution in [0.5, 0.6) is 0 Å². The maximum atomic E-state index is 13.7. The first kappa shape index (κ1) is 24.4. The van der Waals surface area contributed by atoms with Gasteiger partial charge < -0.3 is 15.5 Å². The molecule has 1 aliphatic carbocycles. The molecule has 2 fully saturated rings. The van der Waals surface area contributed by atoms with Crippen molar-refractivity contribution in [2.45, 2.75) is 50.1 Å². The second-order valence-electron chi connectivity index (χ2n) is 9.15. The highest BCUT2D eigenvalue weighted by atomic mass is 19.1. The van der Waals surface area contributed by atoms with Crippen molar-refractivity contribution in [2.75, 3.05) is 18.5 Å². The summed E-state index contributed by atoms with van der Waals surface area (Å²) < 4.78 is 13.7. The monoisotopic (exact) mass is 480 g/mol. The van der Waals surface area contributed by atoms with E-state index in [9.17, 15) is 23.6 Å². The van der Waals surface area contributed by atoms with Gasteiger partial charge in [-0.1, -0.05) is 55.7 Å². The number of carbonyl (C=O) groups is 4. The van der Waals surface area contributed by atoms with Gasteiger partial charge in [-0.2, -0.15) is 0 Å². The lowest BCUT2D eigenvalue weighted by atomic mass is 9.82. The van der Waals surface area contributed by atoms with E-state index in [1.54, 1.807) is 6.07 Å². The summed E-state index contributed by atoms with van der Waals surface area (Å²) in [6, 6.07) is 13.2. The average Bonchev–Trinajstić information content (AvgIpc) is 3.07. The minimum absolute atomic E-state index is 0.190. The highest BCUT2D eigenvalue weighted by Gasteiger charge is 2.51. The van der Waals surface area contributed by atoms with Crippen molar-refractivity contribution in [3.05, 3.63) is 66.0 Å². The molecular weight excluding hydrogens is 451 g/mol. The van der Waals surface area contributed by atoms with E-state index in [0.29, 0.717) is 18.5 Å². The minimum atomic E-state index is -0.984. The third kappa shape index (κ3) is 5.34. The van der Waals surface area contributed by atoms with Crippen LogP contribution in [0, 0.1) is 5.82 Å². The van der Waals surface area contributed by atoms with Crippen LogP contribution in [-0.2, 0) is 20.8 Å². The largest absolute Gasteiger partial charge is 0.342 e. The number of likely N-dealkylation sites (N-methyl/N-ethyl adjacent to an activating group) is 1. The number of halogens is 1. The van der Waals surface area contributed by atoms with Crippen LogP contribution in [0.1, 0.15) is 37.7 Å². The van der Waals surface area contributed by atoms with E-state index in [1.165, 1.54) is 30.1 Å². The van der Waals surface area contributed by atoms with Crippen molar-refractivity contribution in [1.29, 1.82) is 0 Å². The number of benzene rings is 2. The molecule has 9 heteroatoms. The van der Waals surface area contributed by atoms with Crippen LogP contribution in [0.3, 0.4) is 0 Å². The van der Waals surface area contributed by atoms with Gasteiger partial charge in [0.05, 0.1) is 0 Å². The predicted octanol–water partition coefficient (Wildman–Crippen LogP) is 2.77. The van der Waals surface area contributed by atoms with E-state index in [4.69, 9.17) is 0 Å². The highest BCUT2D eigenvalue weighted by Crippen LogP contribution is 2.33. The van der Waals surface area contributed by atoms with Gasteiger partial charge in [-0.15, -0.1) is 0 Å². The van der Waals surface area contributed by atoms with Crippen LogP contribution in [0.2, 0.25) is 0 Å². The zero-order chi connectivity index (χ0) is 25.0. The molecule has 184 valence electrons. The van der Waals surface area contributed by atoms with Crippen molar-refractivity contribution >= 4 is 29.4 Å². The van der Waals surface area contributed by atoms with Gasteiger partial charge in [0.2, 0.25) is 11.8 Å². The quantitative estimate of drug-likeness (QED) is 0.596. The lowest BCUT2D eigenvalue weighted by Crippen LogP contribution is -2.52. The van der Waals surface area contributed by atoms with Crippen LogP contribution in [0.25, 0.3) is 0 Å². The smallest absolute Gasteiger partial charge is 0.325 e. The standard InChI is InChI=1S/C26H29FN4O4/c1-30(20-12-8-11-19(27)16-20)23(33)21(15-18-9-4-2-5-10-18)28-22(32)17-31-24(34)26(29-25(31)35)13-6-3-7-14-26/h2,4-5,8-12,16,21H,3,6-7,13-15,17H2,1H3,(H,28,32)(H,29,35). The van der Waals surface area contributed by atoms with Gasteiger partial charge in [0.1, 0.15) is 23.9 Å². The number of nitrogens with one attached hydrogen (secondary N) is 2. The Kier molecular flexibility index (Phi) is 7.14. The number of hydrogen-bond donors (Lipinski definition) is 2. The van der Waals surface area contributed by atoms with Gasteiger partial charge in [0, 0.05) is 19.2 Å². The summed E-state index contributed by atoms with van der Waals surface area (Å²) in [6.07, 6.45) is 3.99. The fourth-order valence-corrected chi connectivity index (χ4v) is 4.79. The summed E-state index contributed by atoms with van der Waals surface area (Å²) in [6.45, 7) is -0.478. The van der Waals surface area contributed by atoms with Crippen molar-refractivity contribution in [1.82, 2.24) is 15.5 Å². The number of imide groups is 1. The van der Waals surface area contributed by atoms with E-state index in [1.807, 2.05) is 30.3 Å². The Morgan fingerprint density at radius 3 is 2.49 bits per heavy atom. The molecular formula is C26H29FN4O4. The molecule has 1 heterocycles. The Morgan fingerprint density at radius 1 is 1.09 bits per heavy atom. The number of hydrogen-bond acceptors (Lipinski definition) is 4. The number of rotatable bonds is 7. The molecule has 0 radical (unpaired) electrons. The molecule has 35 heavy (non-hydrogen) atoms. The summed E-state index contributed by atoms with van der Waals surface area (Å²) in [4.78, 5) is 54.1. The van der Waals surface area contributed by atoms with Gasteiger partial charge in [-0.25, -0.2) is 9.18 Å². The molecule has 1 saturated heterocycles. The van der Waals surface area contributed by atoms with Crippen LogP contribution >= 0.6 is 0 Å².